The van der Waals surface area contributed by atoms with Crippen molar-refractivity contribution in [3.8, 4) is 5.75 Å². The molecule has 2 rings (SSSR count). The number of hydrogen-bond acceptors (Lipinski definition) is 2. The van der Waals surface area contributed by atoms with Crippen LogP contribution in [0.4, 0.5) is 5.69 Å². The van der Waals surface area contributed by atoms with Crippen molar-refractivity contribution in [3.05, 3.63) is 59.2 Å². The fourth-order valence-electron chi connectivity index (χ4n) is 2.70. The number of rotatable bonds is 9. The second-order valence-electron chi connectivity index (χ2n) is 6.19. The molecule has 0 saturated heterocycles. The number of ether oxygens (including phenoxy) is 1. The van der Waals surface area contributed by atoms with Crippen LogP contribution in [0.3, 0.4) is 0 Å². The molecule has 0 aliphatic rings. The average Bonchev–Trinajstić information content (AvgIpc) is 2.55. The number of anilines is 1. The summed E-state index contributed by atoms with van der Waals surface area (Å²) in [5.74, 6) is 1.00. The van der Waals surface area contributed by atoms with Crippen LogP contribution in [0.2, 0.25) is 0 Å². The Labute approximate surface area is 140 Å². The van der Waals surface area contributed by atoms with Gasteiger partial charge in [0.15, 0.2) is 0 Å². The zero-order chi connectivity index (χ0) is 16.5. The van der Waals surface area contributed by atoms with Crippen molar-refractivity contribution in [2.75, 3.05) is 11.9 Å². The molecule has 0 aromatic heterocycles. The van der Waals surface area contributed by atoms with Gasteiger partial charge in [-0.15, -0.1) is 0 Å². The lowest BCUT2D eigenvalue weighted by molar-refractivity contribution is 0.302. The third-order valence-electron chi connectivity index (χ3n) is 4.08. The molecule has 2 heteroatoms. The molecule has 0 radical (unpaired) electrons. The predicted molar refractivity (Wildman–Crippen MR) is 99.3 cm³/mol. The Balaban J connectivity index is 1.92. The van der Waals surface area contributed by atoms with E-state index in [0.29, 0.717) is 0 Å². The predicted octanol–water partition coefficient (Wildman–Crippen LogP) is 5.87. The van der Waals surface area contributed by atoms with Gasteiger partial charge < -0.3 is 10.1 Å². The summed E-state index contributed by atoms with van der Waals surface area (Å²) in [6.45, 7) is 8.09. The molecule has 0 heterocycles. The Morgan fingerprint density at radius 2 is 1.78 bits per heavy atom. The summed E-state index contributed by atoms with van der Waals surface area (Å²) >= 11 is 0. The Morgan fingerprint density at radius 1 is 0.957 bits per heavy atom. The Morgan fingerprint density at radius 3 is 2.57 bits per heavy atom. The number of nitrogens with one attached hydrogen (secondary N) is 1. The largest absolute Gasteiger partial charge is 0.493 e. The average molecular weight is 311 g/mol. The standard InChI is InChI=1S/C21H29NO/c1-4-5-6-9-14-23-21-11-8-7-10-19(21)16-22-20-13-12-17(2)15-18(20)3/h7-8,10-13,15,22H,4-6,9,14,16H2,1-3H3. The number of hydrogen-bond donors (Lipinski definition) is 1. The number of aryl methyl sites for hydroxylation is 2. The third kappa shape index (κ3) is 5.63. The zero-order valence-corrected chi connectivity index (χ0v) is 14.7. The molecule has 1 N–H and O–H groups in total. The zero-order valence-electron chi connectivity index (χ0n) is 14.7. The number of benzene rings is 2. The Hall–Kier alpha value is -1.96. The fraction of sp³-hybridized carbons (Fsp3) is 0.429. The van der Waals surface area contributed by atoms with Gasteiger partial charge in [-0.1, -0.05) is 62.1 Å². The molecule has 0 bridgehead atoms. The van der Waals surface area contributed by atoms with Gasteiger partial charge in [-0.05, 0) is 38.0 Å². The molecule has 0 unspecified atom stereocenters. The summed E-state index contributed by atoms with van der Waals surface area (Å²) in [7, 11) is 0. The lowest BCUT2D eigenvalue weighted by Crippen LogP contribution is -2.05. The maximum Gasteiger partial charge on any atom is 0.124 e. The third-order valence-corrected chi connectivity index (χ3v) is 4.08. The maximum atomic E-state index is 5.98. The van der Waals surface area contributed by atoms with Crippen molar-refractivity contribution in [3.63, 3.8) is 0 Å². The van der Waals surface area contributed by atoms with Crippen LogP contribution in [0.15, 0.2) is 42.5 Å². The van der Waals surface area contributed by atoms with E-state index in [2.05, 4.69) is 62.5 Å². The normalized spacial score (nSPS) is 10.6. The highest BCUT2D eigenvalue weighted by Crippen LogP contribution is 2.22. The van der Waals surface area contributed by atoms with E-state index < -0.39 is 0 Å². The van der Waals surface area contributed by atoms with Gasteiger partial charge in [0.2, 0.25) is 0 Å². The topological polar surface area (TPSA) is 21.3 Å². The van der Waals surface area contributed by atoms with Crippen LogP contribution in [-0.4, -0.2) is 6.61 Å². The van der Waals surface area contributed by atoms with Crippen LogP contribution in [0.5, 0.6) is 5.75 Å². The molecule has 124 valence electrons. The Bertz CT molecular complexity index is 607. The summed E-state index contributed by atoms with van der Waals surface area (Å²) in [6, 6.07) is 14.8. The van der Waals surface area contributed by atoms with Gasteiger partial charge in [0.05, 0.1) is 6.61 Å². The molecule has 0 aliphatic heterocycles. The molecular weight excluding hydrogens is 282 g/mol. The van der Waals surface area contributed by atoms with Crippen LogP contribution >= 0.6 is 0 Å². The minimum atomic E-state index is 0.787. The van der Waals surface area contributed by atoms with Crippen LogP contribution < -0.4 is 10.1 Å². The summed E-state index contributed by atoms with van der Waals surface area (Å²) in [4.78, 5) is 0. The first-order valence-corrected chi connectivity index (χ1v) is 8.72. The van der Waals surface area contributed by atoms with Crippen LogP contribution in [0, 0.1) is 13.8 Å². The van der Waals surface area contributed by atoms with Crippen molar-refractivity contribution in [2.24, 2.45) is 0 Å². The van der Waals surface area contributed by atoms with E-state index in [1.807, 2.05) is 6.07 Å². The second kappa shape index (κ2) is 9.24. The molecule has 23 heavy (non-hydrogen) atoms. The lowest BCUT2D eigenvalue weighted by Gasteiger charge is -2.14. The smallest absolute Gasteiger partial charge is 0.124 e. The molecule has 0 saturated carbocycles. The van der Waals surface area contributed by atoms with Crippen molar-refractivity contribution in [2.45, 2.75) is 53.0 Å². The van der Waals surface area contributed by atoms with Crippen molar-refractivity contribution in [1.29, 1.82) is 0 Å². The number of unbranched alkanes of at least 4 members (excludes halogenated alkanes) is 3. The molecular formula is C21H29NO. The molecule has 0 amide bonds. The summed E-state index contributed by atoms with van der Waals surface area (Å²) in [5.41, 5.74) is 4.98. The van der Waals surface area contributed by atoms with Gasteiger partial charge in [0, 0.05) is 17.8 Å². The minimum absolute atomic E-state index is 0.787. The highest BCUT2D eigenvalue weighted by molar-refractivity contribution is 5.52. The quantitative estimate of drug-likeness (QED) is 0.584. The fourth-order valence-corrected chi connectivity index (χ4v) is 2.70. The van der Waals surface area contributed by atoms with Gasteiger partial charge in [-0.2, -0.15) is 0 Å². The van der Waals surface area contributed by atoms with Gasteiger partial charge >= 0.3 is 0 Å². The second-order valence-corrected chi connectivity index (χ2v) is 6.19. The molecule has 2 nitrogen and oxygen atoms in total. The van der Waals surface area contributed by atoms with Crippen LogP contribution in [0.1, 0.15) is 49.3 Å². The highest BCUT2D eigenvalue weighted by atomic mass is 16.5. The van der Waals surface area contributed by atoms with Gasteiger partial charge in [-0.3, -0.25) is 0 Å². The highest BCUT2D eigenvalue weighted by Gasteiger charge is 2.04. The first-order valence-electron chi connectivity index (χ1n) is 8.72. The monoisotopic (exact) mass is 311 g/mol. The first kappa shape index (κ1) is 17.4. The molecule has 0 fully saturated rings. The molecule has 0 aliphatic carbocycles. The molecule has 0 spiro atoms. The SMILES string of the molecule is CCCCCCOc1ccccc1CNc1ccc(C)cc1C. The summed E-state index contributed by atoms with van der Waals surface area (Å²) in [5, 5.41) is 3.53. The van der Waals surface area contributed by atoms with Crippen molar-refractivity contribution in [1.82, 2.24) is 0 Å². The van der Waals surface area contributed by atoms with Crippen LogP contribution in [0.25, 0.3) is 0 Å². The van der Waals surface area contributed by atoms with Gasteiger partial charge in [-0.25, -0.2) is 0 Å². The van der Waals surface area contributed by atoms with E-state index in [9.17, 15) is 0 Å². The van der Waals surface area contributed by atoms with Gasteiger partial charge in [0.25, 0.3) is 0 Å². The molecule has 2 aromatic carbocycles. The lowest BCUT2D eigenvalue weighted by atomic mass is 10.1. The maximum absolute atomic E-state index is 5.98. The van der Waals surface area contributed by atoms with E-state index in [0.717, 1.165) is 25.3 Å². The van der Waals surface area contributed by atoms with E-state index in [4.69, 9.17) is 4.74 Å². The van der Waals surface area contributed by atoms with E-state index in [1.165, 1.54) is 41.6 Å². The summed E-state index contributed by atoms with van der Waals surface area (Å²) in [6.07, 6.45) is 4.93. The molecule has 0 atom stereocenters. The van der Waals surface area contributed by atoms with E-state index in [-0.39, 0.29) is 0 Å². The van der Waals surface area contributed by atoms with Crippen molar-refractivity contribution < 1.29 is 4.74 Å². The first-order chi connectivity index (χ1) is 11.2. The van der Waals surface area contributed by atoms with Gasteiger partial charge in [0.1, 0.15) is 5.75 Å². The van der Waals surface area contributed by atoms with E-state index in [1.54, 1.807) is 0 Å². The minimum Gasteiger partial charge on any atom is -0.493 e. The van der Waals surface area contributed by atoms with E-state index >= 15 is 0 Å². The summed E-state index contributed by atoms with van der Waals surface area (Å²) < 4.78 is 5.98. The Kier molecular flexibility index (Phi) is 6.99. The molecule has 2 aromatic rings. The van der Waals surface area contributed by atoms with Crippen LogP contribution in [-0.2, 0) is 6.54 Å². The number of para-hydroxylation sites is 1. The van der Waals surface area contributed by atoms with Crippen molar-refractivity contribution >= 4 is 5.69 Å².